The fourth-order valence-corrected chi connectivity index (χ4v) is 5.82. The molecule has 0 saturated heterocycles. The van der Waals surface area contributed by atoms with Crippen molar-refractivity contribution in [2.45, 2.75) is 80.1 Å². The van der Waals surface area contributed by atoms with Gasteiger partial charge in [-0.15, -0.1) is 11.3 Å². The standard InChI is InChI=1S/C17H22O.C11H10OS.C7H14.CH5N/c1-6-8-15(11-13(3)4)16-9-10-17(18-5)14(7-2)12-16;1-7-9-5-3-4-6-10(9)13-11(7)8(2)12;1-7-5-3-2-4-6-7;1-2/h6,8-12H,1,7H2,2-5H3;3-6H,1-2H3;7H,2-6H2,1H3;2H2,1H3/b15-8+;;;. The number of allylic oxidation sites excluding steroid dienone is 5. The third-order valence-corrected chi connectivity index (χ3v) is 8.17. The zero-order chi connectivity index (χ0) is 30.1. The Morgan fingerprint density at radius 1 is 1.07 bits per heavy atom. The first-order valence-electron chi connectivity index (χ1n) is 14.4. The van der Waals surface area contributed by atoms with Crippen LogP contribution in [0.1, 0.15) is 93.1 Å². The van der Waals surface area contributed by atoms with Crippen molar-refractivity contribution in [2.24, 2.45) is 11.7 Å². The largest absolute Gasteiger partial charge is 0.496 e. The molecule has 0 amide bonds. The zero-order valence-electron chi connectivity index (χ0n) is 26.1. The maximum atomic E-state index is 11.2. The minimum atomic E-state index is 0.165. The first-order chi connectivity index (χ1) is 19.2. The number of hydrogen-bond donors (Lipinski definition) is 1. The van der Waals surface area contributed by atoms with E-state index in [4.69, 9.17) is 4.74 Å². The molecule has 2 N–H and O–H groups in total. The number of methoxy groups -OCH3 is 1. The van der Waals surface area contributed by atoms with Crippen LogP contribution in [0.3, 0.4) is 0 Å². The molecule has 4 rings (SSSR count). The number of ether oxygens (including phenoxy) is 1. The lowest BCUT2D eigenvalue weighted by Crippen LogP contribution is -1.99. The number of fused-ring (bicyclic) bond motifs is 1. The number of carbonyl (C=O) groups is 1. The van der Waals surface area contributed by atoms with Gasteiger partial charge in [-0.1, -0.05) is 101 Å². The fourth-order valence-electron chi connectivity index (χ4n) is 4.72. The molecule has 1 saturated carbocycles. The van der Waals surface area contributed by atoms with Crippen LogP contribution in [0.2, 0.25) is 0 Å². The van der Waals surface area contributed by atoms with E-state index in [0.717, 1.165) is 28.5 Å². The van der Waals surface area contributed by atoms with Crippen LogP contribution in [-0.2, 0) is 6.42 Å². The Morgan fingerprint density at radius 3 is 2.20 bits per heavy atom. The van der Waals surface area contributed by atoms with Crippen molar-refractivity contribution in [3.8, 4) is 5.75 Å². The molecule has 0 spiro atoms. The van der Waals surface area contributed by atoms with E-state index in [1.165, 1.54) is 71.5 Å². The van der Waals surface area contributed by atoms with Crippen LogP contribution in [0.15, 0.2) is 72.8 Å². The molecule has 1 aliphatic rings. The monoisotopic (exact) mass is 561 g/mol. The fraction of sp³-hybridized carbons (Fsp3) is 0.417. The Labute approximate surface area is 247 Å². The van der Waals surface area contributed by atoms with Gasteiger partial charge in [0.1, 0.15) is 5.75 Å². The molecule has 40 heavy (non-hydrogen) atoms. The van der Waals surface area contributed by atoms with Gasteiger partial charge in [-0.3, -0.25) is 4.79 Å². The lowest BCUT2D eigenvalue weighted by Gasteiger charge is -2.15. The van der Waals surface area contributed by atoms with Crippen molar-refractivity contribution in [2.75, 3.05) is 14.2 Å². The van der Waals surface area contributed by atoms with E-state index >= 15 is 0 Å². The van der Waals surface area contributed by atoms with E-state index in [9.17, 15) is 4.79 Å². The van der Waals surface area contributed by atoms with Crippen LogP contribution in [-0.4, -0.2) is 19.9 Å². The summed E-state index contributed by atoms with van der Waals surface area (Å²) in [4.78, 5) is 12.1. The van der Waals surface area contributed by atoms with E-state index in [2.05, 4.69) is 70.3 Å². The average molecular weight is 562 g/mol. The second kappa shape index (κ2) is 19.2. The highest BCUT2D eigenvalue weighted by atomic mass is 32.1. The van der Waals surface area contributed by atoms with Gasteiger partial charge in [-0.05, 0) is 92.9 Å². The number of thiophene rings is 1. The molecule has 0 bridgehead atoms. The number of nitrogens with two attached hydrogens (primary N) is 1. The maximum Gasteiger partial charge on any atom is 0.170 e. The first-order valence-corrected chi connectivity index (χ1v) is 15.2. The lowest BCUT2D eigenvalue weighted by atomic mass is 9.91. The zero-order valence-corrected chi connectivity index (χ0v) is 26.9. The molecule has 0 atom stereocenters. The highest BCUT2D eigenvalue weighted by molar-refractivity contribution is 7.21. The van der Waals surface area contributed by atoms with E-state index < -0.39 is 0 Å². The smallest absolute Gasteiger partial charge is 0.170 e. The minimum absolute atomic E-state index is 0.165. The highest BCUT2D eigenvalue weighted by Gasteiger charge is 2.10. The topological polar surface area (TPSA) is 52.3 Å². The lowest BCUT2D eigenvalue weighted by molar-refractivity contribution is 0.102. The van der Waals surface area contributed by atoms with Gasteiger partial charge in [0.15, 0.2) is 5.78 Å². The third kappa shape index (κ3) is 11.3. The maximum absolute atomic E-state index is 11.2. The van der Waals surface area contributed by atoms with Gasteiger partial charge in [-0.25, -0.2) is 0 Å². The predicted octanol–water partition coefficient (Wildman–Crippen LogP) is 10.4. The molecular weight excluding hydrogens is 510 g/mol. The molecule has 3 nitrogen and oxygen atoms in total. The Balaban J connectivity index is 0.000000315. The number of ketones is 1. The van der Waals surface area contributed by atoms with Gasteiger partial charge in [0.05, 0.1) is 12.0 Å². The van der Waals surface area contributed by atoms with E-state index in [0.29, 0.717) is 0 Å². The van der Waals surface area contributed by atoms with Gasteiger partial charge < -0.3 is 10.5 Å². The Hall–Kier alpha value is -2.95. The van der Waals surface area contributed by atoms with Crippen LogP contribution in [0.5, 0.6) is 5.75 Å². The molecule has 0 radical (unpaired) electrons. The van der Waals surface area contributed by atoms with Gasteiger partial charge in [-0.2, -0.15) is 0 Å². The van der Waals surface area contributed by atoms with E-state index in [1.807, 2.05) is 37.3 Å². The second-order valence-corrected chi connectivity index (χ2v) is 11.4. The molecule has 1 heterocycles. The van der Waals surface area contributed by atoms with Crippen LogP contribution < -0.4 is 10.5 Å². The van der Waals surface area contributed by atoms with Crippen molar-refractivity contribution in [3.63, 3.8) is 0 Å². The third-order valence-electron chi connectivity index (χ3n) is 6.79. The van der Waals surface area contributed by atoms with Crippen molar-refractivity contribution in [1.82, 2.24) is 0 Å². The van der Waals surface area contributed by atoms with Gasteiger partial charge in [0.2, 0.25) is 0 Å². The number of hydrogen-bond acceptors (Lipinski definition) is 4. The van der Waals surface area contributed by atoms with Crippen LogP contribution in [0, 0.1) is 12.8 Å². The molecule has 0 unspecified atom stereocenters. The summed E-state index contributed by atoms with van der Waals surface area (Å²) >= 11 is 1.58. The summed E-state index contributed by atoms with van der Waals surface area (Å²) in [6.07, 6.45) is 14.4. The minimum Gasteiger partial charge on any atom is -0.496 e. The van der Waals surface area contributed by atoms with E-state index in [-0.39, 0.29) is 5.78 Å². The highest BCUT2D eigenvalue weighted by Crippen LogP contribution is 2.30. The quantitative estimate of drug-likeness (QED) is 0.240. The number of Topliss-reactive ketones (excluding diaryl/α,β-unsaturated/α-hetero) is 1. The summed E-state index contributed by atoms with van der Waals surface area (Å²) in [6, 6.07) is 14.4. The molecule has 4 heteroatoms. The van der Waals surface area contributed by atoms with E-state index in [1.54, 1.807) is 25.4 Å². The SMILES string of the molecule is C=C/C=C(\C=C(C)C)c1ccc(OC)c(CC)c1.CC(=O)c1sc2ccccc2c1C.CC1CCCCC1.CN. The Bertz CT molecular complexity index is 1260. The van der Waals surface area contributed by atoms with Gasteiger partial charge >= 0.3 is 0 Å². The summed E-state index contributed by atoms with van der Waals surface area (Å²) in [6.45, 7) is 16.1. The second-order valence-electron chi connectivity index (χ2n) is 10.3. The summed E-state index contributed by atoms with van der Waals surface area (Å²) in [5.41, 5.74) is 10.5. The van der Waals surface area contributed by atoms with Gasteiger partial charge in [0.25, 0.3) is 0 Å². The normalized spacial score (nSPS) is 13.0. The van der Waals surface area contributed by atoms with Crippen LogP contribution in [0.25, 0.3) is 15.7 Å². The van der Waals surface area contributed by atoms with Crippen LogP contribution in [0.4, 0.5) is 0 Å². The van der Waals surface area contributed by atoms with Crippen molar-refractivity contribution in [3.05, 3.63) is 94.4 Å². The summed E-state index contributed by atoms with van der Waals surface area (Å²) in [7, 11) is 3.21. The molecule has 1 fully saturated rings. The molecular formula is C36H51NO2S. The molecule has 1 aromatic heterocycles. The summed E-state index contributed by atoms with van der Waals surface area (Å²) in [5, 5.41) is 1.21. The molecule has 1 aliphatic carbocycles. The predicted molar refractivity (Wildman–Crippen MR) is 179 cm³/mol. The van der Waals surface area contributed by atoms with Crippen molar-refractivity contribution >= 4 is 32.8 Å². The first kappa shape index (κ1) is 35.1. The summed E-state index contributed by atoms with van der Waals surface area (Å²) < 4.78 is 6.56. The van der Waals surface area contributed by atoms with Crippen molar-refractivity contribution < 1.29 is 9.53 Å². The number of benzene rings is 2. The molecule has 0 aliphatic heterocycles. The average Bonchev–Trinajstić information content (AvgIpc) is 3.31. The number of carbonyl (C=O) groups excluding carboxylic acids is 1. The Kier molecular flexibility index (Phi) is 16.8. The molecule has 218 valence electrons. The molecule has 3 aromatic rings. The van der Waals surface area contributed by atoms with Crippen molar-refractivity contribution in [1.29, 1.82) is 0 Å². The van der Waals surface area contributed by atoms with Crippen LogP contribution >= 0.6 is 11.3 Å². The number of aryl methyl sites for hydroxylation is 2. The summed E-state index contributed by atoms with van der Waals surface area (Å²) in [5.74, 6) is 2.16. The number of rotatable bonds is 6. The Morgan fingerprint density at radius 2 is 1.73 bits per heavy atom. The van der Waals surface area contributed by atoms with Gasteiger partial charge in [0, 0.05) is 4.70 Å². The molecule has 2 aromatic carbocycles.